The van der Waals surface area contributed by atoms with Crippen molar-refractivity contribution in [3.05, 3.63) is 72.8 Å². The Bertz CT molecular complexity index is 604. The molecule has 0 heterocycles. The molecule has 0 spiro atoms. The monoisotopic (exact) mass is 202 g/mol. The summed E-state index contributed by atoms with van der Waals surface area (Å²) in [6.45, 7) is 0. The van der Waals surface area contributed by atoms with Gasteiger partial charge < -0.3 is 0 Å². The molecule has 0 saturated heterocycles. The second-order valence-electron chi connectivity index (χ2n) is 3.73. The first kappa shape index (κ1) is 9.17. The molecule has 3 rings (SSSR count). The van der Waals surface area contributed by atoms with Gasteiger partial charge in [-0.2, -0.15) is 0 Å². The Morgan fingerprint density at radius 2 is 1.56 bits per heavy atom. The lowest BCUT2D eigenvalue weighted by Gasteiger charge is -2.05. The van der Waals surface area contributed by atoms with Crippen molar-refractivity contribution in [2.45, 2.75) is 0 Å². The third-order valence-corrected chi connectivity index (χ3v) is 2.74. The number of rotatable bonds is 1. The Morgan fingerprint density at radius 1 is 0.750 bits per heavy atom. The SMILES string of the molecule is [c]1ccc(-c2cc[c]c3ccccc23)cc1. The first-order valence-electron chi connectivity index (χ1n) is 5.31. The van der Waals surface area contributed by atoms with Gasteiger partial charge in [-0.3, -0.25) is 0 Å². The van der Waals surface area contributed by atoms with Gasteiger partial charge in [-0.25, -0.2) is 0 Å². The van der Waals surface area contributed by atoms with Gasteiger partial charge in [0, 0.05) is 0 Å². The first-order chi connectivity index (χ1) is 7.95. The van der Waals surface area contributed by atoms with Crippen LogP contribution >= 0.6 is 0 Å². The van der Waals surface area contributed by atoms with Crippen molar-refractivity contribution in [2.24, 2.45) is 0 Å². The van der Waals surface area contributed by atoms with Crippen LogP contribution in [0.1, 0.15) is 0 Å². The Morgan fingerprint density at radius 3 is 2.44 bits per heavy atom. The lowest BCUT2D eigenvalue weighted by Crippen LogP contribution is -1.80. The predicted octanol–water partition coefficient (Wildman–Crippen LogP) is 4.11. The van der Waals surface area contributed by atoms with Crippen molar-refractivity contribution in [1.29, 1.82) is 0 Å². The molecule has 0 unspecified atom stereocenters. The summed E-state index contributed by atoms with van der Waals surface area (Å²) in [5, 5.41) is 2.41. The molecule has 0 aliphatic rings. The van der Waals surface area contributed by atoms with Gasteiger partial charge in [-0.15, -0.1) is 0 Å². The minimum atomic E-state index is 1.16. The van der Waals surface area contributed by atoms with Crippen molar-refractivity contribution < 1.29 is 0 Å². The topological polar surface area (TPSA) is 0 Å². The van der Waals surface area contributed by atoms with Gasteiger partial charge >= 0.3 is 0 Å². The fourth-order valence-electron chi connectivity index (χ4n) is 1.97. The molecule has 0 saturated carbocycles. The van der Waals surface area contributed by atoms with Crippen molar-refractivity contribution in [3.63, 3.8) is 0 Å². The Labute approximate surface area is 95.2 Å². The largest absolute Gasteiger partial charge is 0.0616 e. The molecule has 0 fully saturated rings. The fourth-order valence-corrected chi connectivity index (χ4v) is 1.97. The number of fused-ring (bicyclic) bond motifs is 1. The highest BCUT2D eigenvalue weighted by molar-refractivity contribution is 5.96. The van der Waals surface area contributed by atoms with Crippen molar-refractivity contribution >= 4 is 10.8 Å². The quantitative estimate of drug-likeness (QED) is 0.557. The summed E-state index contributed by atoms with van der Waals surface area (Å²) in [6.07, 6.45) is 0. The van der Waals surface area contributed by atoms with Crippen LogP contribution in [0.15, 0.2) is 60.7 Å². The lowest BCUT2D eigenvalue weighted by molar-refractivity contribution is 1.64. The molecule has 0 N–H and O–H groups in total. The van der Waals surface area contributed by atoms with Crippen LogP contribution < -0.4 is 0 Å². The van der Waals surface area contributed by atoms with Crippen LogP contribution in [-0.2, 0) is 0 Å². The maximum atomic E-state index is 3.25. The second-order valence-corrected chi connectivity index (χ2v) is 3.73. The molecule has 0 aliphatic carbocycles. The van der Waals surface area contributed by atoms with Gasteiger partial charge in [0.1, 0.15) is 0 Å². The summed E-state index contributed by atoms with van der Waals surface area (Å²) in [6, 6.07) is 26.8. The zero-order chi connectivity index (χ0) is 10.8. The van der Waals surface area contributed by atoms with Crippen LogP contribution in [0.2, 0.25) is 0 Å². The van der Waals surface area contributed by atoms with Crippen LogP contribution in [0.25, 0.3) is 21.9 Å². The van der Waals surface area contributed by atoms with Gasteiger partial charge in [0.2, 0.25) is 0 Å². The molecule has 0 bridgehead atoms. The predicted molar refractivity (Wildman–Crippen MR) is 67.1 cm³/mol. The van der Waals surface area contributed by atoms with E-state index in [1.54, 1.807) is 0 Å². The van der Waals surface area contributed by atoms with Gasteiger partial charge in [0.05, 0.1) is 0 Å². The molecule has 0 heteroatoms. The summed E-state index contributed by atoms with van der Waals surface area (Å²) < 4.78 is 0. The van der Waals surface area contributed by atoms with E-state index in [4.69, 9.17) is 0 Å². The van der Waals surface area contributed by atoms with E-state index in [1.165, 1.54) is 16.5 Å². The molecular weight excluding hydrogens is 192 g/mol. The molecule has 0 nitrogen and oxygen atoms in total. The van der Waals surface area contributed by atoms with E-state index in [2.05, 4.69) is 48.5 Å². The molecular formula is C16H10. The maximum absolute atomic E-state index is 3.25. The molecule has 16 heavy (non-hydrogen) atoms. The van der Waals surface area contributed by atoms with E-state index < -0.39 is 0 Å². The summed E-state index contributed by atoms with van der Waals surface area (Å²) in [5.74, 6) is 0. The van der Waals surface area contributed by atoms with Crippen LogP contribution in [0.3, 0.4) is 0 Å². The van der Waals surface area contributed by atoms with E-state index in [0.717, 1.165) is 5.39 Å². The van der Waals surface area contributed by atoms with Crippen LogP contribution in [0.5, 0.6) is 0 Å². The number of hydrogen-bond acceptors (Lipinski definition) is 0. The fraction of sp³-hybridized carbons (Fsp3) is 0. The summed E-state index contributed by atoms with van der Waals surface area (Å²) in [7, 11) is 0. The number of hydrogen-bond donors (Lipinski definition) is 0. The Kier molecular flexibility index (Phi) is 2.19. The van der Waals surface area contributed by atoms with E-state index >= 15 is 0 Å². The third kappa shape index (κ3) is 1.49. The standard InChI is InChI=1S/C16H10/c1-2-7-13(8-3-1)16-12-6-10-14-9-4-5-11-15(14)16/h2-9,11-12H. The molecule has 0 aliphatic heterocycles. The highest BCUT2D eigenvalue weighted by atomic mass is 14.0. The Hall–Kier alpha value is -2.08. The average Bonchev–Trinajstić information content (AvgIpc) is 2.39. The van der Waals surface area contributed by atoms with Gasteiger partial charge in [0.25, 0.3) is 0 Å². The second kappa shape index (κ2) is 3.82. The number of benzene rings is 3. The molecule has 74 valence electrons. The molecule has 3 aromatic rings. The molecule has 0 amide bonds. The lowest BCUT2D eigenvalue weighted by atomic mass is 9.98. The average molecular weight is 202 g/mol. The van der Waals surface area contributed by atoms with E-state index in [-0.39, 0.29) is 0 Å². The van der Waals surface area contributed by atoms with E-state index in [0.29, 0.717) is 0 Å². The smallest absolute Gasteiger partial charge is 0.00987 e. The molecule has 0 aromatic heterocycles. The zero-order valence-electron chi connectivity index (χ0n) is 8.77. The zero-order valence-corrected chi connectivity index (χ0v) is 8.77. The highest BCUT2D eigenvalue weighted by Gasteiger charge is 2.01. The van der Waals surface area contributed by atoms with Crippen LogP contribution in [0, 0.1) is 12.1 Å². The highest BCUT2D eigenvalue weighted by Crippen LogP contribution is 2.27. The molecule has 0 atom stereocenters. The first-order valence-corrected chi connectivity index (χ1v) is 5.31. The third-order valence-electron chi connectivity index (χ3n) is 2.74. The van der Waals surface area contributed by atoms with Crippen molar-refractivity contribution in [1.82, 2.24) is 0 Å². The van der Waals surface area contributed by atoms with Gasteiger partial charge in [0.15, 0.2) is 0 Å². The van der Waals surface area contributed by atoms with Crippen molar-refractivity contribution in [3.8, 4) is 11.1 Å². The Balaban J connectivity index is 2.32. The molecule has 3 aromatic carbocycles. The molecule has 2 radical (unpaired) electrons. The van der Waals surface area contributed by atoms with Crippen LogP contribution in [0.4, 0.5) is 0 Å². The normalized spacial score (nSPS) is 10.5. The van der Waals surface area contributed by atoms with Crippen LogP contribution in [-0.4, -0.2) is 0 Å². The summed E-state index contributed by atoms with van der Waals surface area (Å²) >= 11 is 0. The minimum Gasteiger partial charge on any atom is -0.0616 e. The van der Waals surface area contributed by atoms with Crippen molar-refractivity contribution in [2.75, 3.05) is 0 Å². The van der Waals surface area contributed by atoms with E-state index in [9.17, 15) is 0 Å². The van der Waals surface area contributed by atoms with Gasteiger partial charge in [-0.1, -0.05) is 60.7 Å². The maximum Gasteiger partial charge on any atom is -0.00987 e. The summed E-state index contributed by atoms with van der Waals surface area (Å²) in [4.78, 5) is 0. The minimum absolute atomic E-state index is 1.16. The van der Waals surface area contributed by atoms with E-state index in [1.807, 2.05) is 24.3 Å². The van der Waals surface area contributed by atoms with Gasteiger partial charge in [-0.05, 0) is 34.0 Å². The summed E-state index contributed by atoms with van der Waals surface area (Å²) in [5.41, 5.74) is 2.48.